The number of rotatable bonds is 5. The second kappa shape index (κ2) is 6.65. The van der Waals surface area contributed by atoms with E-state index in [1.165, 1.54) is 14.2 Å². The van der Waals surface area contributed by atoms with Crippen LogP contribution in [0.15, 0.2) is 30.5 Å². The number of carbonyl (C=O) groups excluding carboxylic acids is 1. The summed E-state index contributed by atoms with van der Waals surface area (Å²) < 4.78 is 15.3. The van der Waals surface area contributed by atoms with E-state index >= 15 is 0 Å². The van der Waals surface area contributed by atoms with Gasteiger partial charge in [0.05, 0.1) is 21.3 Å². The van der Waals surface area contributed by atoms with Gasteiger partial charge in [-0.2, -0.15) is 0 Å². The fourth-order valence-electron chi connectivity index (χ4n) is 1.97. The number of aromatic nitrogens is 1. The smallest absolute Gasteiger partial charge is 0.342 e. The van der Waals surface area contributed by atoms with Crippen LogP contribution in [0.2, 0.25) is 0 Å². The molecule has 0 bridgehead atoms. The van der Waals surface area contributed by atoms with Crippen LogP contribution in [0.4, 0.5) is 0 Å². The van der Waals surface area contributed by atoms with Gasteiger partial charge in [0.25, 0.3) is 0 Å². The summed E-state index contributed by atoms with van der Waals surface area (Å²) in [7, 11) is 4.40. The van der Waals surface area contributed by atoms with Gasteiger partial charge in [-0.1, -0.05) is 6.08 Å². The van der Waals surface area contributed by atoms with Crippen molar-refractivity contribution in [3.05, 3.63) is 47.3 Å². The van der Waals surface area contributed by atoms with E-state index in [-0.39, 0.29) is 0 Å². The quantitative estimate of drug-likeness (QED) is 0.859. The van der Waals surface area contributed by atoms with Gasteiger partial charge in [0, 0.05) is 18.0 Å². The van der Waals surface area contributed by atoms with Gasteiger partial charge in [0.15, 0.2) is 0 Å². The van der Waals surface area contributed by atoms with Gasteiger partial charge in [-0.15, -0.1) is 0 Å². The summed E-state index contributed by atoms with van der Waals surface area (Å²) in [6, 6.07) is 7.23. The Morgan fingerprint density at radius 2 is 1.95 bits per heavy atom. The zero-order chi connectivity index (χ0) is 15.2. The molecule has 1 aromatic carbocycles. The average molecular weight is 287 g/mol. The van der Waals surface area contributed by atoms with Crippen LogP contribution in [-0.2, 0) is 4.74 Å². The number of carbonyl (C=O) groups is 1. The third-order valence-corrected chi connectivity index (χ3v) is 3.02. The molecular weight excluding hydrogens is 270 g/mol. The van der Waals surface area contributed by atoms with Crippen molar-refractivity contribution in [2.45, 2.75) is 0 Å². The van der Waals surface area contributed by atoms with Gasteiger partial charge >= 0.3 is 5.97 Å². The van der Waals surface area contributed by atoms with Crippen molar-refractivity contribution >= 4 is 18.1 Å². The SMILES string of the molecule is COC(=O)c1c(/C=C/c2ccc[nH]2)cc(OC)cc1OC. The van der Waals surface area contributed by atoms with Gasteiger partial charge in [0.1, 0.15) is 17.1 Å². The maximum absolute atomic E-state index is 12.0. The predicted octanol–water partition coefficient (Wildman–Crippen LogP) is 2.99. The molecule has 1 N–H and O–H groups in total. The van der Waals surface area contributed by atoms with E-state index < -0.39 is 5.97 Å². The molecule has 0 aliphatic rings. The molecule has 1 heterocycles. The molecule has 5 nitrogen and oxygen atoms in total. The van der Waals surface area contributed by atoms with Crippen molar-refractivity contribution in [3.8, 4) is 11.5 Å². The highest BCUT2D eigenvalue weighted by Crippen LogP contribution is 2.30. The number of benzene rings is 1. The molecule has 0 unspecified atom stereocenters. The van der Waals surface area contributed by atoms with Crippen molar-refractivity contribution in [1.29, 1.82) is 0 Å². The molecule has 0 spiro atoms. The van der Waals surface area contributed by atoms with Gasteiger partial charge in [-0.05, 0) is 29.8 Å². The van der Waals surface area contributed by atoms with Crippen LogP contribution in [-0.4, -0.2) is 32.3 Å². The molecule has 0 atom stereocenters. The fraction of sp³-hybridized carbons (Fsp3) is 0.188. The summed E-state index contributed by atoms with van der Waals surface area (Å²) in [5.74, 6) is 0.554. The topological polar surface area (TPSA) is 60.6 Å². The lowest BCUT2D eigenvalue weighted by Crippen LogP contribution is -2.07. The normalized spacial score (nSPS) is 10.6. The third kappa shape index (κ3) is 3.25. The molecule has 2 aromatic rings. The molecule has 0 fully saturated rings. The number of esters is 1. The van der Waals surface area contributed by atoms with E-state index in [9.17, 15) is 4.79 Å². The van der Waals surface area contributed by atoms with E-state index in [4.69, 9.17) is 14.2 Å². The first-order valence-electron chi connectivity index (χ1n) is 6.35. The van der Waals surface area contributed by atoms with Crippen LogP contribution >= 0.6 is 0 Å². The Labute approximate surface area is 123 Å². The minimum Gasteiger partial charge on any atom is -0.497 e. The van der Waals surface area contributed by atoms with E-state index in [0.29, 0.717) is 22.6 Å². The number of methoxy groups -OCH3 is 3. The predicted molar refractivity (Wildman–Crippen MR) is 80.6 cm³/mol. The minimum absolute atomic E-state index is 0.364. The zero-order valence-electron chi connectivity index (χ0n) is 12.2. The summed E-state index contributed by atoms with van der Waals surface area (Å²) in [4.78, 5) is 15.1. The van der Waals surface area contributed by atoms with E-state index in [2.05, 4.69) is 4.98 Å². The van der Waals surface area contributed by atoms with Gasteiger partial charge in [0.2, 0.25) is 0 Å². The Hall–Kier alpha value is -2.69. The maximum Gasteiger partial charge on any atom is 0.342 e. The summed E-state index contributed by atoms with van der Waals surface area (Å²) in [5, 5.41) is 0. The first kappa shape index (κ1) is 14.7. The Morgan fingerprint density at radius 3 is 2.52 bits per heavy atom. The van der Waals surface area contributed by atoms with Gasteiger partial charge in [-0.25, -0.2) is 4.79 Å². The van der Waals surface area contributed by atoms with Crippen molar-refractivity contribution in [3.63, 3.8) is 0 Å². The standard InChI is InChI=1S/C16H17NO4/c1-19-13-9-11(6-7-12-5-4-8-17-12)15(16(18)21-3)14(10-13)20-2/h4-10,17H,1-3H3/b7-6+. The first-order valence-corrected chi connectivity index (χ1v) is 6.35. The number of nitrogens with one attached hydrogen (secondary N) is 1. The van der Waals surface area contributed by atoms with Gasteiger partial charge in [-0.3, -0.25) is 0 Å². The molecule has 5 heteroatoms. The molecule has 0 amide bonds. The highest BCUT2D eigenvalue weighted by Gasteiger charge is 2.18. The lowest BCUT2D eigenvalue weighted by molar-refractivity contribution is 0.0597. The molecule has 1 aromatic heterocycles. The van der Waals surface area contributed by atoms with Crippen LogP contribution in [0.3, 0.4) is 0 Å². The Balaban J connectivity index is 2.52. The van der Waals surface area contributed by atoms with Crippen molar-refractivity contribution in [1.82, 2.24) is 4.98 Å². The lowest BCUT2D eigenvalue weighted by Gasteiger charge is -2.12. The van der Waals surface area contributed by atoms with Crippen molar-refractivity contribution in [2.24, 2.45) is 0 Å². The van der Waals surface area contributed by atoms with E-state index in [1.807, 2.05) is 30.5 Å². The Kier molecular flexibility index (Phi) is 4.66. The second-order valence-electron chi connectivity index (χ2n) is 4.24. The molecule has 0 radical (unpaired) electrons. The van der Waals surface area contributed by atoms with Crippen molar-refractivity contribution in [2.75, 3.05) is 21.3 Å². The molecule has 2 rings (SSSR count). The second-order valence-corrected chi connectivity index (χ2v) is 4.24. The van der Waals surface area contributed by atoms with Crippen LogP contribution < -0.4 is 9.47 Å². The molecule has 0 aliphatic heterocycles. The van der Waals surface area contributed by atoms with Crippen LogP contribution in [0, 0.1) is 0 Å². The molecule has 0 saturated carbocycles. The van der Waals surface area contributed by atoms with E-state index in [1.54, 1.807) is 19.2 Å². The molecule has 0 aliphatic carbocycles. The first-order chi connectivity index (χ1) is 10.2. The number of H-pyrrole nitrogens is 1. The maximum atomic E-state index is 12.0. The average Bonchev–Trinajstić information content (AvgIpc) is 3.04. The number of aromatic amines is 1. The lowest BCUT2D eigenvalue weighted by atomic mass is 10.0. The third-order valence-electron chi connectivity index (χ3n) is 3.02. The van der Waals surface area contributed by atoms with Gasteiger partial charge < -0.3 is 19.2 Å². The highest BCUT2D eigenvalue weighted by atomic mass is 16.5. The minimum atomic E-state index is -0.458. The zero-order valence-corrected chi connectivity index (χ0v) is 12.2. The van der Waals surface area contributed by atoms with Crippen molar-refractivity contribution < 1.29 is 19.0 Å². The van der Waals surface area contributed by atoms with Crippen LogP contribution in [0.5, 0.6) is 11.5 Å². The summed E-state index contributed by atoms with van der Waals surface area (Å²) in [5.41, 5.74) is 1.95. The Bertz CT molecular complexity index is 645. The number of hydrogen-bond donors (Lipinski definition) is 1. The van der Waals surface area contributed by atoms with Crippen LogP contribution in [0.1, 0.15) is 21.6 Å². The fourth-order valence-corrected chi connectivity index (χ4v) is 1.97. The number of ether oxygens (including phenoxy) is 3. The summed E-state index contributed by atoms with van der Waals surface area (Å²) >= 11 is 0. The Morgan fingerprint density at radius 1 is 1.14 bits per heavy atom. The monoisotopic (exact) mass is 287 g/mol. The van der Waals surface area contributed by atoms with E-state index in [0.717, 1.165) is 5.69 Å². The highest BCUT2D eigenvalue weighted by molar-refractivity contribution is 5.98. The summed E-state index contributed by atoms with van der Waals surface area (Å²) in [6.07, 6.45) is 5.50. The largest absolute Gasteiger partial charge is 0.497 e. The molecule has 21 heavy (non-hydrogen) atoms. The molecular formula is C16H17NO4. The molecule has 0 saturated heterocycles. The number of hydrogen-bond acceptors (Lipinski definition) is 4. The van der Waals surface area contributed by atoms with Crippen LogP contribution in [0.25, 0.3) is 12.2 Å². The summed E-state index contributed by atoms with van der Waals surface area (Å²) in [6.45, 7) is 0. The molecule has 110 valence electrons.